The Bertz CT molecular complexity index is 711. The lowest BCUT2D eigenvalue weighted by Gasteiger charge is -2.10. The van der Waals surface area contributed by atoms with Crippen LogP contribution in [0.25, 0.3) is 0 Å². The Kier molecular flexibility index (Phi) is 3.84. The predicted octanol–water partition coefficient (Wildman–Crippen LogP) is 2.62. The minimum absolute atomic E-state index is 0.212. The van der Waals surface area contributed by atoms with Gasteiger partial charge >= 0.3 is 5.97 Å². The van der Waals surface area contributed by atoms with Gasteiger partial charge in [0.25, 0.3) is 5.91 Å². The summed E-state index contributed by atoms with van der Waals surface area (Å²) in [7, 11) is 0. The molecule has 3 N–H and O–H groups in total. The summed E-state index contributed by atoms with van der Waals surface area (Å²) >= 11 is 0. The lowest BCUT2D eigenvalue weighted by atomic mass is 10.1. The van der Waals surface area contributed by atoms with Crippen molar-refractivity contribution < 1.29 is 28.6 Å². The Labute approximate surface area is 117 Å². The van der Waals surface area contributed by atoms with Crippen LogP contribution in [-0.2, 0) is 0 Å². The summed E-state index contributed by atoms with van der Waals surface area (Å²) in [4.78, 5) is 22.9. The summed E-state index contributed by atoms with van der Waals surface area (Å²) in [5.41, 5.74) is -1.33. The fraction of sp³-hybridized carbons (Fsp3) is 0. The van der Waals surface area contributed by atoms with E-state index in [1.807, 2.05) is 0 Å². The van der Waals surface area contributed by atoms with E-state index < -0.39 is 40.4 Å². The van der Waals surface area contributed by atoms with Crippen molar-refractivity contribution in [1.29, 1.82) is 0 Å². The smallest absolute Gasteiger partial charge is 0.337 e. The summed E-state index contributed by atoms with van der Waals surface area (Å²) in [5, 5.41) is 20.6. The van der Waals surface area contributed by atoms with Gasteiger partial charge < -0.3 is 15.5 Å². The van der Waals surface area contributed by atoms with E-state index in [1.165, 1.54) is 6.07 Å². The van der Waals surface area contributed by atoms with Gasteiger partial charge in [0.1, 0.15) is 22.9 Å². The number of carboxylic acids is 1. The SMILES string of the molecule is O=C(O)c1cc(F)ccc1NC(=O)c1c(O)cccc1F. The third-order valence-electron chi connectivity index (χ3n) is 2.68. The monoisotopic (exact) mass is 293 g/mol. The molecule has 108 valence electrons. The van der Waals surface area contributed by atoms with E-state index in [0.717, 1.165) is 30.3 Å². The quantitative estimate of drug-likeness (QED) is 0.812. The van der Waals surface area contributed by atoms with Crippen molar-refractivity contribution in [2.24, 2.45) is 0 Å². The summed E-state index contributed by atoms with van der Waals surface area (Å²) in [5.74, 6) is -4.85. The van der Waals surface area contributed by atoms with Gasteiger partial charge in [-0.25, -0.2) is 13.6 Å². The topological polar surface area (TPSA) is 86.6 Å². The number of anilines is 1. The first-order valence-corrected chi connectivity index (χ1v) is 5.72. The summed E-state index contributed by atoms with van der Waals surface area (Å²) in [6.07, 6.45) is 0. The highest BCUT2D eigenvalue weighted by Crippen LogP contribution is 2.23. The molecule has 0 bridgehead atoms. The number of aromatic hydroxyl groups is 1. The highest BCUT2D eigenvalue weighted by Gasteiger charge is 2.19. The number of carbonyl (C=O) groups excluding carboxylic acids is 1. The lowest BCUT2D eigenvalue weighted by Crippen LogP contribution is -2.16. The molecule has 0 atom stereocenters. The van der Waals surface area contributed by atoms with E-state index in [1.54, 1.807) is 0 Å². The molecule has 0 fully saturated rings. The zero-order valence-electron chi connectivity index (χ0n) is 10.4. The normalized spacial score (nSPS) is 10.2. The number of phenols is 1. The molecule has 0 aromatic heterocycles. The number of halogens is 2. The molecule has 0 aliphatic rings. The van der Waals surface area contributed by atoms with Crippen LogP contribution in [0, 0.1) is 11.6 Å². The first-order chi connectivity index (χ1) is 9.90. The Hall–Kier alpha value is -2.96. The zero-order valence-corrected chi connectivity index (χ0v) is 10.4. The largest absolute Gasteiger partial charge is 0.507 e. The van der Waals surface area contributed by atoms with Crippen molar-refractivity contribution in [2.45, 2.75) is 0 Å². The minimum Gasteiger partial charge on any atom is -0.507 e. The van der Waals surface area contributed by atoms with Gasteiger partial charge in [-0.2, -0.15) is 0 Å². The van der Waals surface area contributed by atoms with Crippen LogP contribution in [0.15, 0.2) is 36.4 Å². The second-order valence-corrected chi connectivity index (χ2v) is 4.08. The number of hydrogen-bond donors (Lipinski definition) is 3. The van der Waals surface area contributed by atoms with E-state index in [-0.39, 0.29) is 5.69 Å². The molecule has 0 heterocycles. The van der Waals surface area contributed by atoms with Gasteiger partial charge in [-0.05, 0) is 30.3 Å². The fourth-order valence-corrected chi connectivity index (χ4v) is 1.72. The minimum atomic E-state index is -1.46. The number of hydrogen-bond acceptors (Lipinski definition) is 3. The predicted molar refractivity (Wildman–Crippen MR) is 69.4 cm³/mol. The maximum atomic E-state index is 13.5. The maximum Gasteiger partial charge on any atom is 0.337 e. The van der Waals surface area contributed by atoms with E-state index in [2.05, 4.69) is 5.32 Å². The van der Waals surface area contributed by atoms with E-state index in [0.29, 0.717) is 0 Å². The van der Waals surface area contributed by atoms with Crippen LogP contribution >= 0.6 is 0 Å². The summed E-state index contributed by atoms with van der Waals surface area (Å²) in [6, 6.07) is 6.00. The second-order valence-electron chi connectivity index (χ2n) is 4.08. The molecule has 5 nitrogen and oxygen atoms in total. The van der Waals surface area contributed by atoms with Crippen molar-refractivity contribution in [3.05, 3.63) is 59.2 Å². The average molecular weight is 293 g/mol. The molecule has 0 saturated carbocycles. The number of carboxylic acid groups (broad SMARTS) is 1. The third kappa shape index (κ3) is 2.97. The van der Waals surface area contributed by atoms with E-state index in [4.69, 9.17) is 5.11 Å². The average Bonchev–Trinajstić information content (AvgIpc) is 2.40. The van der Waals surface area contributed by atoms with Gasteiger partial charge in [0.2, 0.25) is 0 Å². The molecule has 7 heteroatoms. The zero-order chi connectivity index (χ0) is 15.6. The Morgan fingerprint density at radius 3 is 2.43 bits per heavy atom. The van der Waals surface area contributed by atoms with Crippen LogP contribution in [0.1, 0.15) is 20.7 Å². The molecule has 0 spiro atoms. The molecule has 2 aromatic carbocycles. The molecule has 0 unspecified atom stereocenters. The third-order valence-corrected chi connectivity index (χ3v) is 2.68. The van der Waals surface area contributed by atoms with Gasteiger partial charge in [-0.15, -0.1) is 0 Å². The number of benzene rings is 2. The molecule has 0 aliphatic heterocycles. The molecule has 1 amide bonds. The highest BCUT2D eigenvalue weighted by molar-refractivity contribution is 6.09. The maximum absolute atomic E-state index is 13.5. The number of carbonyl (C=O) groups is 2. The van der Waals surface area contributed by atoms with Crippen molar-refractivity contribution >= 4 is 17.6 Å². The molecule has 0 aliphatic carbocycles. The van der Waals surface area contributed by atoms with Gasteiger partial charge in [0.15, 0.2) is 0 Å². The summed E-state index contributed by atoms with van der Waals surface area (Å²) in [6.45, 7) is 0. The van der Waals surface area contributed by atoms with Crippen LogP contribution in [0.4, 0.5) is 14.5 Å². The fourth-order valence-electron chi connectivity index (χ4n) is 1.72. The molecular weight excluding hydrogens is 284 g/mol. The van der Waals surface area contributed by atoms with Crippen molar-refractivity contribution in [3.63, 3.8) is 0 Å². The summed E-state index contributed by atoms with van der Waals surface area (Å²) < 4.78 is 26.5. The Morgan fingerprint density at radius 1 is 1.10 bits per heavy atom. The van der Waals surface area contributed by atoms with E-state index in [9.17, 15) is 23.5 Å². The van der Waals surface area contributed by atoms with Gasteiger partial charge in [-0.3, -0.25) is 4.79 Å². The molecular formula is C14H9F2NO4. The number of aromatic carboxylic acids is 1. The van der Waals surface area contributed by atoms with Crippen LogP contribution in [0.3, 0.4) is 0 Å². The van der Waals surface area contributed by atoms with Crippen LogP contribution < -0.4 is 5.32 Å². The van der Waals surface area contributed by atoms with Gasteiger partial charge in [0, 0.05) is 0 Å². The molecule has 21 heavy (non-hydrogen) atoms. The number of phenolic OH excluding ortho intramolecular Hbond substituents is 1. The Balaban J connectivity index is 2.39. The standard InChI is InChI=1S/C14H9F2NO4/c15-7-4-5-10(8(6-7)14(20)21)17-13(19)12-9(16)2-1-3-11(12)18/h1-6,18H,(H,17,19)(H,20,21). The van der Waals surface area contributed by atoms with Gasteiger partial charge in [-0.1, -0.05) is 6.07 Å². The first kappa shape index (κ1) is 14.4. The first-order valence-electron chi connectivity index (χ1n) is 5.72. The second kappa shape index (κ2) is 5.58. The Morgan fingerprint density at radius 2 is 1.81 bits per heavy atom. The number of rotatable bonds is 3. The molecule has 2 rings (SSSR count). The van der Waals surface area contributed by atoms with Crippen LogP contribution in [0.5, 0.6) is 5.75 Å². The van der Waals surface area contributed by atoms with Crippen molar-refractivity contribution in [3.8, 4) is 5.75 Å². The van der Waals surface area contributed by atoms with Crippen LogP contribution in [-0.4, -0.2) is 22.1 Å². The molecule has 0 radical (unpaired) electrons. The van der Waals surface area contributed by atoms with Crippen molar-refractivity contribution in [2.75, 3.05) is 5.32 Å². The highest BCUT2D eigenvalue weighted by atomic mass is 19.1. The molecule has 0 saturated heterocycles. The van der Waals surface area contributed by atoms with Crippen LogP contribution in [0.2, 0.25) is 0 Å². The lowest BCUT2D eigenvalue weighted by molar-refractivity contribution is 0.0697. The molecule has 2 aromatic rings. The van der Waals surface area contributed by atoms with Gasteiger partial charge in [0.05, 0.1) is 11.3 Å². The number of amides is 1. The van der Waals surface area contributed by atoms with E-state index >= 15 is 0 Å². The van der Waals surface area contributed by atoms with Crippen molar-refractivity contribution in [1.82, 2.24) is 0 Å². The number of nitrogens with one attached hydrogen (secondary N) is 1.